The average molecular weight is 615 g/mol. The van der Waals surface area contributed by atoms with E-state index in [0.29, 0.717) is 63.3 Å². The Kier molecular flexibility index (Phi) is 11.0. The zero-order valence-corrected chi connectivity index (χ0v) is 24.4. The summed E-state index contributed by atoms with van der Waals surface area (Å²) in [6.45, 7) is 1.57. The number of carbonyl (C=O) groups is 3. The molecule has 0 spiro atoms. The highest BCUT2D eigenvalue weighted by Gasteiger charge is 2.39. The van der Waals surface area contributed by atoms with Crippen LogP contribution in [0.5, 0.6) is 0 Å². The van der Waals surface area contributed by atoms with Gasteiger partial charge in [0.2, 0.25) is 23.5 Å². The number of halogens is 3. The minimum Gasteiger partial charge on any atom is -0.368 e. The second-order valence-corrected chi connectivity index (χ2v) is 11.2. The Balaban J connectivity index is 1.36. The van der Waals surface area contributed by atoms with Gasteiger partial charge in [-0.05, 0) is 68.6 Å². The molecule has 0 bridgehead atoms. The Hall–Kier alpha value is -4.41. The average Bonchev–Trinajstić information content (AvgIpc) is 3.50. The van der Waals surface area contributed by atoms with E-state index < -0.39 is 23.9 Å². The van der Waals surface area contributed by atoms with Gasteiger partial charge in [-0.25, -0.2) is 9.97 Å². The van der Waals surface area contributed by atoms with Gasteiger partial charge in [-0.15, -0.1) is 0 Å². The van der Waals surface area contributed by atoms with Gasteiger partial charge in [-0.1, -0.05) is 12.1 Å². The van der Waals surface area contributed by atoms with Gasteiger partial charge in [0.05, 0.1) is 18.2 Å². The molecule has 14 heteroatoms. The molecule has 1 aromatic heterocycles. The highest BCUT2D eigenvalue weighted by molar-refractivity contribution is 5.85. The van der Waals surface area contributed by atoms with Crippen LogP contribution >= 0.6 is 0 Å². The lowest BCUT2D eigenvalue weighted by Gasteiger charge is -2.34. The highest BCUT2D eigenvalue weighted by atomic mass is 19.4. The fraction of sp³-hybridized carbons (Fsp3) is 0.533. The molecule has 2 aromatic rings. The van der Waals surface area contributed by atoms with Gasteiger partial charge in [-0.2, -0.15) is 18.4 Å². The van der Waals surface area contributed by atoms with E-state index in [4.69, 9.17) is 11.0 Å². The fourth-order valence-corrected chi connectivity index (χ4v) is 5.64. The third kappa shape index (κ3) is 9.05. The summed E-state index contributed by atoms with van der Waals surface area (Å²) in [6, 6.07) is 10.0. The van der Waals surface area contributed by atoms with E-state index in [9.17, 15) is 27.6 Å². The van der Waals surface area contributed by atoms with Crippen molar-refractivity contribution >= 4 is 29.4 Å². The van der Waals surface area contributed by atoms with Gasteiger partial charge >= 0.3 is 6.18 Å². The maximum absolute atomic E-state index is 13.9. The monoisotopic (exact) mass is 614 g/mol. The molecular formula is C30H37F3N8O3. The van der Waals surface area contributed by atoms with Crippen molar-refractivity contribution < 1.29 is 27.6 Å². The van der Waals surface area contributed by atoms with Crippen molar-refractivity contribution in [1.82, 2.24) is 20.6 Å². The largest absolute Gasteiger partial charge is 0.451 e. The van der Waals surface area contributed by atoms with Crippen molar-refractivity contribution in [2.45, 2.75) is 63.6 Å². The van der Waals surface area contributed by atoms with E-state index >= 15 is 0 Å². The smallest absolute Gasteiger partial charge is 0.368 e. The molecule has 3 amide bonds. The third-order valence-electron chi connectivity index (χ3n) is 8.01. The topological polar surface area (TPSA) is 157 Å². The SMILES string of the molecule is N#Cc1ccc(CCNC(=O)[C@@H]2CCCN2c2cc(N3CCC(CCCC(=O)NCC(N)=O)CC3)nc(C(F)(F)F)n2)cc1. The van der Waals surface area contributed by atoms with Crippen molar-refractivity contribution in [3.05, 3.63) is 47.3 Å². The van der Waals surface area contributed by atoms with Gasteiger partial charge in [0.15, 0.2) is 0 Å². The normalized spacial score (nSPS) is 17.3. The lowest BCUT2D eigenvalue weighted by atomic mass is 9.91. The molecule has 1 aromatic carbocycles. The quantitative estimate of drug-likeness (QED) is 0.329. The minimum atomic E-state index is -4.75. The number of anilines is 2. The van der Waals surface area contributed by atoms with E-state index in [1.165, 1.54) is 0 Å². The summed E-state index contributed by atoms with van der Waals surface area (Å²) in [6.07, 6.45) is 0.102. The van der Waals surface area contributed by atoms with E-state index in [0.717, 1.165) is 24.8 Å². The first kappa shape index (κ1) is 32.5. The summed E-state index contributed by atoms with van der Waals surface area (Å²) in [5, 5.41) is 14.3. The molecule has 44 heavy (non-hydrogen) atoms. The third-order valence-corrected chi connectivity index (χ3v) is 8.01. The van der Waals surface area contributed by atoms with E-state index in [1.807, 2.05) is 17.0 Å². The van der Waals surface area contributed by atoms with Crippen LogP contribution in [0.2, 0.25) is 0 Å². The van der Waals surface area contributed by atoms with Crippen molar-refractivity contribution in [2.24, 2.45) is 11.7 Å². The number of nitrogens with two attached hydrogens (primary N) is 1. The highest BCUT2D eigenvalue weighted by Crippen LogP contribution is 2.34. The lowest BCUT2D eigenvalue weighted by molar-refractivity contribution is -0.144. The lowest BCUT2D eigenvalue weighted by Crippen LogP contribution is -2.44. The standard InChI is InChI=1S/C30H37F3N8O3/c31-30(32,33)29-38-25(40-15-11-20(12-16-40)3-1-5-27(43)37-19-24(35)42)17-26(39-29)41-14-2-4-23(41)28(44)36-13-10-21-6-8-22(18-34)9-7-21/h6-9,17,20,23H,1-5,10-16,19H2,(H2,35,42)(H,36,44)(H,37,43)/t23-/m0/s1. The molecule has 1 atom stereocenters. The van der Waals surface area contributed by atoms with Crippen LogP contribution in [-0.2, 0) is 27.0 Å². The number of primary amides is 1. The minimum absolute atomic E-state index is 0.0798. The first-order chi connectivity index (χ1) is 21.0. The second kappa shape index (κ2) is 14.9. The molecule has 0 saturated carbocycles. The van der Waals surface area contributed by atoms with Gasteiger partial charge in [0.1, 0.15) is 17.7 Å². The van der Waals surface area contributed by atoms with Gasteiger partial charge in [-0.3, -0.25) is 14.4 Å². The molecule has 0 aliphatic carbocycles. The number of amides is 3. The summed E-state index contributed by atoms with van der Waals surface area (Å²) in [7, 11) is 0. The molecule has 236 valence electrons. The van der Waals surface area contributed by atoms with Crippen molar-refractivity contribution in [3.63, 3.8) is 0 Å². The van der Waals surface area contributed by atoms with Crippen LogP contribution in [0, 0.1) is 17.2 Å². The number of benzene rings is 1. The number of carbonyl (C=O) groups excluding carboxylic acids is 3. The molecule has 2 aliphatic rings. The first-order valence-electron chi connectivity index (χ1n) is 14.8. The first-order valence-corrected chi connectivity index (χ1v) is 14.8. The van der Waals surface area contributed by atoms with Crippen LogP contribution in [0.3, 0.4) is 0 Å². The molecule has 2 fully saturated rings. The summed E-state index contributed by atoms with van der Waals surface area (Å²) < 4.78 is 41.6. The van der Waals surface area contributed by atoms with Gasteiger partial charge < -0.3 is 26.2 Å². The number of piperidine rings is 1. The Labute approximate surface area is 254 Å². The molecule has 0 radical (unpaired) electrons. The van der Waals surface area contributed by atoms with Crippen LogP contribution in [0.15, 0.2) is 30.3 Å². The molecule has 3 heterocycles. The summed E-state index contributed by atoms with van der Waals surface area (Å²) >= 11 is 0. The van der Waals surface area contributed by atoms with Crippen LogP contribution in [0.1, 0.15) is 61.9 Å². The Morgan fingerprint density at radius 3 is 2.39 bits per heavy atom. The predicted octanol–water partition coefficient (Wildman–Crippen LogP) is 2.68. The van der Waals surface area contributed by atoms with Crippen molar-refractivity contribution in [3.8, 4) is 6.07 Å². The molecule has 4 N–H and O–H groups in total. The second-order valence-electron chi connectivity index (χ2n) is 11.2. The molecule has 2 saturated heterocycles. The summed E-state index contributed by atoms with van der Waals surface area (Å²) in [4.78, 5) is 46.9. The number of alkyl halides is 3. The predicted molar refractivity (Wildman–Crippen MR) is 156 cm³/mol. The molecule has 0 unspecified atom stereocenters. The van der Waals surface area contributed by atoms with Gasteiger partial charge in [0.25, 0.3) is 0 Å². The Morgan fingerprint density at radius 2 is 1.73 bits per heavy atom. The molecule has 2 aliphatic heterocycles. The maximum Gasteiger partial charge on any atom is 0.451 e. The molecule has 11 nitrogen and oxygen atoms in total. The number of nitrogens with one attached hydrogen (secondary N) is 2. The van der Waals surface area contributed by atoms with E-state index in [-0.39, 0.29) is 36.4 Å². The molecule has 4 rings (SSSR count). The van der Waals surface area contributed by atoms with Crippen LogP contribution < -0.4 is 26.2 Å². The van der Waals surface area contributed by atoms with E-state index in [1.54, 1.807) is 23.1 Å². The number of hydrogen-bond donors (Lipinski definition) is 3. The maximum atomic E-state index is 13.9. The Morgan fingerprint density at radius 1 is 1.02 bits per heavy atom. The van der Waals surface area contributed by atoms with Gasteiger partial charge in [0, 0.05) is 38.7 Å². The van der Waals surface area contributed by atoms with Crippen LogP contribution in [0.4, 0.5) is 24.8 Å². The number of hydrogen-bond acceptors (Lipinski definition) is 8. The van der Waals surface area contributed by atoms with Crippen LogP contribution in [-0.4, -0.2) is 66.5 Å². The Bertz CT molecular complexity index is 1350. The van der Waals surface area contributed by atoms with Crippen LogP contribution in [0.25, 0.3) is 0 Å². The zero-order valence-electron chi connectivity index (χ0n) is 24.4. The summed E-state index contributed by atoms with van der Waals surface area (Å²) in [5.74, 6) is -1.78. The number of aromatic nitrogens is 2. The number of nitrogens with zero attached hydrogens (tertiary/aromatic N) is 5. The van der Waals surface area contributed by atoms with Crippen molar-refractivity contribution in [1.29, 1.82) is 5.26 Å². The van der Waals surface area contributed by atoms with E-state index in [2.05, 4.69) is 26.7 Å². The fourth-order valence-electron chi connectivity index (χ4n) is 5.64. The number of nitriles is 1. The summed E-state index contributed by atoms with van der Waals surface area (Å²) in [5.41, 5.74) is 6.53. The zero-order chi connectivity index (χ0) is 31.7. The van der Waals surface area contributed by atoms with Crippen molar-refractivity contribution in [2.75, 3.05) is 42.5 Å². The number of rotatable bonds is 12. The molecular weight excluding hydrogens is 577 g/mol.